The fraction of sp³-hybridized carbons (Fsp3) is 0.235. The van der Waals surface area contributed by atoms with Crippen molar-refractivity contribution in [3.63, 3.8) is 0 Å². The molecule has 22 heavy (non-hydrogen) atoms. The second-order valence-electron chi connectivity index (χ2n) is 5.17. The molecule has 0 saturated heterocycles. The molecule has 0 fully saturated rings. The molecule has 1 heterocycles. The summed E-state index contributed by atoms with van der Waals surface area (Å²) in [5.41, 5.74) is 1.87. The molecule has 5 heteroatoms. The van der Waals surface area contributed by atoms with Crippen molar-refractivity contribution in [1.82, 2.24) is 0 Å². The number of nitrogens with zero attached hydrogens (tertiary/aromatic N) is 2. The number of para-hydroxylation sites is 3. The highest BCUT2D eigenvalue weighted by Gasteiger charge is 2.25. The highest BCUT2D eigenvalue weighted by Crippen LogP contribution is 2.31. The van der Waals surface area contributed by atoms with Crippen molar-refractivity contribution in [2.45, 2.75) is 0 Å². The van der Waals surface area contributed by atoms with Crippen molar-refractivity contribution < 1.29 is 13.9 Å². The third-order valence-corrected chi connectivity index (χ3v) is 3.73. The molecule has 0 bridgehead atoms. The maximum Gasteiger partial charge on any atom is 0.265 e. The summed E-state index contributed by atoms with van der Waals surface area (Å²) >= 11 is 0. The summed E-state index contributed by atoms with van der Waals surface area (Å²) in [5.74, 6) is -0.545. The van der Waals surface area contributed by atoms with Gasteiger partial charge in [0.25, 0.3) is 5.91 Å². The van der Waals surface area contributed by atoms with Gasteiger partial charge in [0.05, 0.1) is 11.4 Å². The number of rotatable bonds is 3. The zero-order valence-corrected chi connectivity index (χ0v) is 12.3. The number of anilines is 2. The molecule has 1 aliphatic rings. The predicted octanol–water partition coefficient (Wildman–Crippen LogP) is 2.69. The van der Waals surface area contributed by atoms with Crippen LogP contribution < -0.4 is 14.5 Å². The first-order valence-electron chi connectivity index (χ1n) is 7.14. The minimum atomic E-state index is -0.464. The number of benzene rings is 2. The summed E-state index contributed by atoms with van der Waals surface area (Å²) in [4.78, 5) is 16.2. The molecule has 0 spiro atoms. The number of fused-ring (bicyclic) bond motifs is 1. The van der Waals surface area contributed by atoms with Gasteiger partial charge in [-0.25, -0.2) is 4.39 Å². The lowest BCUT2D eigenvalue weighted by atomic mass is 10.1. The van der Waals surface area contributed by atoms with Crippen LogP contribution in [0.2, 0.25) is 0 Å². The first kappa shape index (κ1) is 14.4. The van der Waals surface area contributed by atoms with E-state index in [4.69, 9.17) is 4.74 Å². The molecule has 1 amide bonds. The number of carbonyl (C=O) groups is 1. The largest absolute Gasteiger partial charge is 0.481 e. The average molecular weight is 300 g/mol. The quantitative estimate of drug-likeness (QED) is 0.873. The van der Waals surface area contributed by atoms with Crippen molar-refractivity contribution in [3.8, 4) is 5.75 Å². The topological polar surface area (TPSA) is 32.8 Å². The Morgan fingerprint density at radius 3 is 2.55 bits per heavy atom. The number of hydrogen-bond acceptors (Lipinski definition) is 3. The van der Waals surface area contributed by atoms with Crippen LogP contribution in [0.25, 0.3) is 0 Å². The Morgan fingerprint density at radius 2 is 1.77 bits per heavy atom. The molecular weight excluding hydrogens is 283 g/mol. The maximum absolute atomic E-state index is 13.5. The summed E-state index contributed by atoms with van der Waals surface area (Å²) in [7, 11) is 2.00. The van der Waals surface area contributed by atoms with E-state index in [1.807, 2.05) is 31.3 Å². The molecule has 0 aliphatic carbocycles. The molecule has 0 atom stereocenters. The monoisotopic (exact) mass is 300 g/mol. The van der Waals surface area contributed by atoms with Gasteiger partial charge >= 0.3 is 0 Å². The highest BCUT2D eigenvalue weighted by atomic mass is 19.1. The average Bonchev–Trinajstić information content (AvgIpc) is 2.54. The van der Waals surface area contributed by atoms with Crippen LogP contribution in [0.4, 0.5) is 15.8 Å². The highest BCUT2D eigenvalue weighted by molar-refractivity contribution is 5.98. The number of likely N-dealkylation sites (N-methyl/N-ethyl adjacent to an activating group) is 1. The minimum Gasteiger partial charge on any atom is -0.481 e. The van der Waals surface area contributed by atoms with Gasteiger partial charge in [0.2, 0.25) is 0 Å². The van der Waals surface area contributed by atoms with Crippen LogP contribution in [-0.2, 0) is 4.79 Å². The van der Waals surface area contributed by atoms with Crippen LogP contribution in [0, 0.1) is 5.82 Å². The lowest BCUT2D eigenvalue weighted by Gasteiger charge is -2.35. The summed E-state index contributed by atoms with van der Waals surface area (Å²) in [6, 6.07) is 13.8. The van der Waals surface area contributed by atoms with E-state index in [0.29, 0.717) is 6.54 Å². The van der Waals surface area contributed by atoms with Crippen LogP contribution in [0.1, 0.15) is 0 Å². The lowest BCUT2D eigenvalue weighted by Crippen LogP contribution is -2.44. The molecule has 3 rings (SSSR count). The van der Waals surface area contributed by atoms with E-state index in [0.717, 1.165) is 17.9 Å². The third kappa shape index (κ3) is 2.74. The van der Waals surface area contributed by atoms with E-state index in [1.165, 1.54) is 12.1 Å². The van der Waals surface area contributed by atoms with E-state index in [1.54, 1.807) is 17.0 Å². The van der Waals surface area contributed by atoms with Gasteiger partial charge in [-0.1, -0.05) is 24.3 Å². The first-order valence-corrected chi connectivity index (χ1v) is 7.14. The number of halogens is 1. The third-order valence-electron chi connectivity index (χ3n) is 3.73. The molecule has 0 aromatic heterocycles. The Bertz CT molecular complexity index is 690. The van der Waals surface area contributed by atoms with Gasteiger partial charge in [-0.15, -0.1) is 0 Å². The van der Waals surface area contributed by atoms with Crippen LogP contribution in [-0.4, -0.2) is 32.7 Å². The molecule has 1 aliphatic heterocycles. The van der Waals surface area contributed by atoms with Gasteiger partial charge < -0.3 is 14.5 Å². The van der Waals surface area contributed by atoms with Gasteiger partial charge in [0.15, 0.2) is 18.2 Å². The first-order chi connectivity index (χ1) is 10.7. The number of carbonyl (C=O) groups excluding carboxylic acids is 1. The summed E-state index contributed by atoms with van der Waals surface area (Å²) in [6.07, 6.45) is 0. The predicted molar refractivity (Wildman–Crippen MR) is 84.0 cm³/mol. The van der Waals surface area contributed by atoms with Crippen molar-refractivity contribution in [3.05, 3.63) is 54.3 Å². The summed E-state index contributed by atoms with van der Waals surface area (Å²) in [6.45, 7) is 1.16. The standard InChI is InChI=1S/C17H17FN2O2/c1-19-10-11-20(15-8-4-3-7-14(15)19)17(21)12-22-16-9-5-2-6-13(16)18/h2-9H,10-12H2,1H3. The minimum absolute atomic E-state index is 0.0956. The van der Waals surface area contributed by atoms with Gasteiger partial charge in [-0.05, 0) is 24.3 Å². The second kappa shape index (κ2) is 6.05. The fourth-order valence-electron chi connectivity index (χ4n) is 2.54. The van der Waals surface area contributed by atoms with Gasteiger partial charge in [-0.2, -0.15) is 0 Å². The molecular formula is C17H17FN2O2. The smallest absolute Gasteiger partial charge is 0.265 e. The van der Waals surface area contributed by atoms with Crippen LogP contribution in [0.15, 0.2) is 48.5 Å². The SMILES string of the molecule is CN1CCN(C(=O)COc2ccccc2F)c2ccccc21. The Labute approximate surface area is 128 Å². The van der Waals surface area contributed by atoms with E-state index in [9.17, 15) is 9.18 Å². The fourth-order valence-corrected chi connectivity index (χ4v) is 2.54. The normalized spacial score (nSPS) is 13.7. The number of ether oxygens (including phenoxy) is 1. The van der Waals surface area contributed by atoms with Gasteiger partial charge in [-0.3, -0.25) is 4.79 Å². The molecule has 2 aromatic carbocycles. The zero-order valence-electron chi connectivity index (χ0n) is 12.3. The molecule has 4 nitrogen and oxygen atoms in total. The van der Waals surface area contributed by atoms with E-state index in [-0.39, 0.29) is 18.3 Å². The number of hydrogen-bond donors (Lipinski definition) is 0. The Morgan fingerprint density at radius 1 is 1.09 bits per heavy atom. The van der Waals surface area contributed by atoms with Crippen LogP contribution in [0.3, 0.4) is 0 Å². The second-order valence-corrected chi connectivity index (χ2v) is 5.17. The Kier molecular flexibility index (Phi) is 3.96. The lowest BCUT2D eigenvalue weighted by molar-refractivity contribution is -0.120. The molecule has 114 valence electrons. The van der Waals surface area contributed by atoms with E-state index >= 15 is 0 Å². The van der Waals surface area contributed by atoms with Crippen molar-refractivity contribution in [2.75, 3.05) is 36.5 Å². The van der Waals surface area contributed by atoms with Crippen LogP contribution in [0.5, 0.6) is 5.75 Å². The molecule has 0 N–H and O–H groups in total. The van der Waals surface area contributed by atoms with Gasteiger partial charge in [0.1, 0.15) is 0 Å². The molecule has 0 radical (unpaired) electrons. The van der Waals surface area contributed by atoms with Crippen LogP contribution >= 0.6 is 0 Å². The summed E-state index contributed by atoms with van der Waals surface area (Å²) < 4.78 is 18.8. The van der Waals surface area contributed by atoms with Crippen molar-refractivity contribution >= 4 is 17.3 Å². The number of amides is 1. The maximum atomic E-state index is 13.5. The Hall–Kier alpha value is -2.56. The summed E-state index contributed by atoms with van der Waals surface area (Å²) in [5, 5.41) is 0. The van der Waals surface area contributed by atoms with E-state index in [2.05, 4.69) is 4.90 Å². The molecule has 2 aromatic rings. The molecule has 0 saturated carbocycles. The van der Waals surface area contributed by atoms with Crippen molar-refractivity contribution in [1.29, 1.82) is 0 Å². The van der Waals surface area contributed by atoms with Crippen molar-refractivity contribution in [2.24, 2.45) is 0 Å². The Balaban J connectivity index is 1.74. The zero-order chi connectivity index (χ0) is 15.5. The molecule has 0 unspecified atom stereocenters. The van der Waals surface area contributed by atoms with E-state index < -0.39 is 5.82 Å². The van der Waals surface area contributed by atoms with Gasteiger partial charge in [0, 0.05) is 20.1 Å².